The highest BCUT2D eigenvalue weighted by molar-refractivity contribution is 9.10. The van der Waals surface area contributed by atoms with Crippen LogP contribution in [-0.4, -0.2) is 11.0 Å². The van der Waals surface area contributed by atoms with Crippen LogP contribution in [0.1, 0.15) is 27.3 Å². The highest BCUT2D eigenvalue weighted by Gasteiger charge is 2.16. The van der Waals surface area contributed by atoms with Gasteiger partial charge in [-0.15, -0.1) is 0 Å². The van der Waals surface area contributed by atoms with Gasteiger partial charge in [0.15, 0.2) is 0 Å². The van der Waals surface area contributed by atoms with Gasteiger partial charge in [0.25, 0.3) is 0 Å². The molecule has 0 radical (unpaired) electrons. The molecule has 0 unspecified atom stereocenters. The van der Waals surface area contributed by atoms with Crippen LogP contribution in [0.3, 0.4) is 0 Å². The lowest BCUT2D eigenvalue weighted by molar-refractivity contribution is 0.0465. The molecular weight excluding hydrogens is 294 g/mol. The third-order valence-electron chi connectivity index (χ3n) is 2.76. The van der Waals surface area contributed by atoms with E-state index in [4.69, 9.17) is 4.74 Å². The summed E-state index contributed by atoms with van der Waals surface area (Å²) < 4.78 is 6.20. The highest BCUT2D eigenvalue weighted by atomic mass is 79.9. The number of hydrogen-bond acceptors (Lipinski definition) is 2. The average Bonchev–Trinajstić information content (AvgIpc) is 2.65. The fraction of sp³-hybridized carbons (Fsp3) is 0.214. The van der Waals surface area contributed by atoms with E-state index in [-0.39, 0.29) is 12.6 Å². The Morgan fingerprint density at radius 3 is 2.50 bits per heavy atom. The Kier molecular flexibility index (Phi) is 3.87. The number of carbonyl (C=O) groups excluding carboxylic acids is 1. The smallest absolute Gasteiger partial charge is 0.355 e. The zero-order valence-corrected chi connectivity index (χ0v) is 11.9. The number of nitrogens with one attached hydrogen (secondary N) is 1. The molecule has 1 aromatic carbocycles. The van der Waals surface area contributed by atoms with Crippen LogP contribution >= 0.6 is 15.9 Å². The van der Waals surface area contributed by atoms with Crippen LogP contribution in [0.25, 0.3) is 0 Å². The zero-order chi connectivity index (χ0) is 13.1. The lowest BCUT2D eigenvalue weighted by Gasteiger charge is -2.04. The number of aromatic amines is 1. The van der Waals surface area contributed by atoms with Gasteiger partial charge in [-0.25, -0.2) is 4.79 Å². The molecule has 2 aromatic rings. The number of halogens is 1. The van der Waals surface area contributed by atoms with E-state index in [1.807, 2.05) is 44.2 Å². The summed E-state index contributed by atoms with van der Waals surface area (Å²) in [6, 6.07) is 9.63. The maximum atomic E-state index is 11.9. The molecule has 0 bridgehead atoms. The van der Waals surface area contributed by atoms with Crippen LogP contribution in [0.15, 0.2) is 34.8 Å². The topological polar surface area (TPSA) is 42.1 Å². The number of rotatable bonds is 3. The number of benzene rings is 1. The molecule has 0 aliphatic rings. The predicted molar refractivity (Wildman–Crippen MR) is 73.5 cm³/mol. The maximum absolute atomic E-state index is 11.9. The van der Waals surface area contributed by atoms with E-state index >= 15 is 0 Å². The van der Waals surface area contributed by atoms with Gasteiger partial charge >= 0.3 is 5.97 Å². The molecule has 0 amide bonds. The Labute approximate surface area is 114 Å². The predicted octanol–water partition coefficient (Wildman–Crippen LogP) is 3.75. The van der Waals surface area contributed by atoms with Crippen molar-refractivity contribution < 1.29 is 9.53 Å². The molecule has 0 saturated heterocycles. The molecule has 0 atom stereocenters. The van der Waals surface area contributed by atoms with Crippen molar-refractivity contribution >= 4 is 21.9 Å². The number of aryl methyl sites for hydroxylation is 1. The summed E-state index contributed by atoms with van der Waals surface area (Å²) in [5, 5.41) is 0. The third kappa shape index (κ3) is 2.64. The number of aromatic nitrogens is 1. The number of carbonyl (C=O) groups is 1. The minimum atomic E-state index is -0.329. The standard InChI is InChI=1S/C14H14BrNO2/c1-9-12(15)10(2)16-13(9)14(17)18-8-11-6-4-3-5-7-11/h3-7,16H,8H2,1-2H3. The molecule has 0 aliphatic carbocycles. The van der Waals surface area contributed by atoms with Crippen molar-refractivity contribution in [2.45, 2.75) is 20.5 Å². The summed E-state index contributed by atoms with van der Waals surface area (Å²) in [7, 11) is 0. The van der Waals surface area contributed by atoms with Crippen molar-refractivity contribution in [3.8, 4) is 0 Å². The zero-order valence-electron chi connectivity index (χ0n) is 10.3. The monoisotopic (exact) mass is 307 g/mol. The first-order valence-electron chi connectivity index (χ1n) is 5.65. The van der Waals surface area contributed by atoms with Gasteiger partial charge in [0.2, 0.25) is 0 Å². The second-order valence-electron chi connectivity index (χ2n) is 4.13. The molecule has 0 saturated carbocycles. The summed E-state index contributed by atoms with van der Waals surface area (Å²) in [6.07, 6.45) is 0. The molecule has 94 valence electrons. The maximum Gasteiger partial charge on any atom is 0.355 e. The fourth-order valence-corrected chi connectivity index (χ4v) is 2.02. The Balaban J connectivity index is 2.06. The van der Waals surface area contributed by atoms with Crippen LogP contribution in [-0.2, 0) is 11.3 Å². The largest absolute Gasteiger partial charge is 0.456 e. The van der Waals surface area contributed by atoms with Crippen molar-refractivity contribution in [2.24, 2.45) is 0 Å². The molecule has 0 spiro atoms. The first-order valence-corrected chi connectivity index (χ1v) is 6.44. The quantitative estimate of drug-likeness (QED) is 0.877. The van der Waals surface area contributed by atoms with Crippen molar-refractivity contribution in [1.29, 1.82) is 0 Å². The van der Waals surface area contributed by atoms with E-state index in [1.165, 1.54) is 0 Å². The molecule has 3 nitrogen and oxygen atoms in total. The minimum absolute atomic E-state index is 0.287. The molecule has 18 heavy (non-hydrogen) atoms. The van der Waals surface area contributed by atoms with Crippen molar-refractivity contribution in [3.05, 3.63) is 57.3 Å². The van der Waals surface area contributed by atoms with Gasteiger partial charge in [0, 0.05) is 10.2 Å². The van der Waals surface area contributed by atoms with Gasteiger partial charge in [0.1, 0.15) is 12.3 Å². The van der Waals surface area contributed by atoms with Crippen LogP contribution in [0, 0.1) is 13.8 Å². The Hall–Kier alpha value is -1.55. The number of H-pyrrole nitrogens is 1. The van der Waals surface area contributed by atoms with Gasteiger partial charge in [-0.05, 0) is 40.9 Å². The lowest BCUT2D eigenvalue weighted by atomic mass is 10.2. The fourth-order valence-electron chi connectivity index (χ4n) is 1.73. The number of ether oxygens (including phenoxy) is 1. The molecule has 0 fully saturated rings. The van der Waals surface area contributed by atoms with E-state index < -0.39 is 0 Å². The number of esters is 1. The Morgan fingerprint density at radius 2 is 1.94 bits per heavy atom. The van der Waals surface area contributed by atoms with Gasteiger partial charge in [-0.2, -0.15) is 0 Å². The molecule has 1 heterocycles. The average molecular weight is 308 g/mol. The van der Waals surface area contributed by atoms with E-state index in [1.54, 1.807) is 0 Å². The normalized spacial score (nSPS) is 10.4. The second-order valence-corrected chi connectivity index (χ2v) is 4.92. The van der Waals surface area contributed by atoms with Crippen molar-refractivity contribution in [3.63, 3.8) is 0 Å². The Bertz CT molecular complexity index is 561. The number of hydrogen-bond donors (Lipinski definition) is 1. The summed E-state index contributed by atoms with van der Waals surface area (Å²) >= 11 is 3.43. The third-order valence-corrected chi connectivity index (χ3v) is 3.95. The van der Waals surface area contributed by atoms with Gasteiger partial charge in [-0.3, -0.25) is 0 Å². The second kappa shape index (κ2) is 5.40. The first-order chi connectivity index (χ1) is 8.59. The lowest BCUT2D eigenvalue weighted by Crippen LogP contribution is -2.07. The minimum Gasteiger partial charge on any atom is -0.456 e. The molecular formula is C14H14BrNO2. The highest BCUT2D eigenvalue weighted by Crippen LogP contribution is 2.24. The van der Waals surface area contributed by atoms with Crippen LogP contribution < -0.4 is 0 Å². The van der Waals surface area contributed by atoms with Crippen LogP contribution in [0.5, 0.6) is 0 Å². The van der Waals surface area contributed by atoms with Crippen LogP contribution in [0.2, 0.25) is 0 Å². The van der Waals surface area contributed by atoms with Crippen molar-refractivity contribution in [2.75, 3.05) is 0 Å². The molecule has 0 aliphatic heterocycles. The van der Waals surface area contributed by atoms with Gasteiger partial charge in [-0.1, -0.05) is 30.3 Å². The first kappa shape index (κ1) is 12.9. The summed E-state index contributed by atoms with van der Waals surface area (Å²) in [6.45, 7) is 4.08. The summed E-state index contributed by atoms with van der Waals surface area (Å²) in [4.78, 5) is 15.0. The molecule has 2 rings (SSSR count). The molecule has 4 heteroatoms. The summed E-state index contributed by atoms with van der Waals surface area (Å²) in [5.41, 5.74) is 3.30. The van der Waals surface area contributed by atoms with E-state index in [0.29, 0.717) is 5.69 Å². The summed E-state index contributed by atoms with van der Waals surface area (Å²) in [5.74, 6) is -0.329. The molecule has 1 aromatic heterocycles. The Morgan fingerprint density at radius 1 is 1.28 bits per heavy atom. The van der Waals surface area contributed by atoms with Crippen LogP contribution in [0.4, 0.5) is 0 Å². The van der Waals surface area contributed by atoms with Crippen molar-refractivity contribution in [1.82, 2.24) is 4.98 Å². The SMILES string of the molecule is Cc1[nH]c(C(=O)OCc2ccccc2)c(C)c1Br. The van der Waals surface area contributed by atoms with E-state index in [9.17, 15) is 4.79 Å². The van der Waals surface area contributed by atoms with Gasteiger partial charge < -0.3 is 9.72 Å². The molecule has 1 N–H and O–H groups in total. The van der Waals surface area contributed by atoms with Gasteiger partial charge in [0.05, 0.1) is 0 Å². The van der Waals surface area contributed by atoms with E-state index in [2.05, 4.69) is 20.9 Å². The van der Waals surface area contributed by atoms with E-state index in [0.717, 1.165) is 21.3 Å².